The Hall–Kier alpha value is -4.17. The molecule has 0 unspecified atom stereocenters. The Bertz CT molecular complexity index is 1410. The second-order valence-corrected chi connectivity index (χ2v) is 7.08. The maximum atomic E-state index is 11.2. The largest absolute Gasteiger partial charge is 0.478 e. The molecule has 1 N–H and O–H groups in total. The first-order valence-corrected chi connectivity index (χ1v) is 9.60. The van der Waals surface area contributed by atoms with Gasteiger partial charge in [-0.1, -0.05) is 11.6 Å². The number of aromatic nitrogens is 6. The molecule has 8 nitrogen and oxygen atoms in total. The zero-order chi connectivity index (χ0) is 21.4. The van der Waals surface area contributed by atoms with Crippen molar-refractivity contribution in [3.63, 3.8) is 0 Å². The third kappa shape index (κ3) is 3.60. The quantitative estimate of drug-likeness (QED) is 0.455. The molecule has 0 atom stereocenters. The first-order chi connectivity index (χ1) is 15.1. The fourth-order valence-corrected chi connectivity index (χ4v) is 3.25. The van der Waals surface area contributed by atoms with E-state index in [1.165, 1.54) is 12.3 Å². The van der Waals surface area contributed by atoms with Crippen LogP contribution in [0.3, 0.4) is 0 Å². The summed E-state index contributed by atoms with van der Waals surface area (Å²) in [7, 11) is 0. The summed E-state index contributed by atoms with van der Waals surface area (Å²) in [6, 6.07) is 15.9. The minimum Gasteiger partial charge on any atom is -0.478 e. The summed E-state index contributed by atoms with van der Waals surface area (Å²) >= 11 is 6.01. The van der Waals surface area contributed by atoms with Crippen LogP contribution in [0.5, 0.6) is 0 Å². The molecule has 0 aliphatic rings. The van der Waals surface area contributed by atoms with Gasteiger partial charge in [-0.2, -0.15) is 4.68 Å². The third-order valence-corrected chi connectivity index (χ3v) is 4.90. The van der Waals surface area contributed by atoms with E-state index in [1.54, 1.807) is 35.3 Å². The number of rotatable bonds is 4. The van der Waals surface area contributed by atoms with Gasteiger partial charge in [0.15, 0.2) is 17.5 Å². The molecule has 9 heteroatoms. The number of benzene rings is 2. The molecule has 3 aromatic heterocycles. The Kier molecular flexibility index (Phi) is 4.61. The van der Waals surface area contributed by atoms with Crippen molar-refractivity contribution in [3.05, 3.63) is 83.8 Å². The van der Waals surface area contributed by atoms with E-state index >= 15 is 0 Å². The molecular formula is C22H13ClN6O2. The predicted octanol–water partition coefficient (Wildman–Crippen LogP) is 4.29. The van der Waals surface area contributed by atoms with Crippen molar-refractivity contribution in [2.75, 3.05) is 0 Å². The summed E-state index contributed by atoms with van der Waals surface area (Å²) in [5, 5.41) is 14.4. The van der Waals surface area contributed by atoms with E-state index in [9.17, 15) is 4.79 Å². The first kappa shape index (κ1) is 18.8. The van der Waals surface area contributed by atoms with E-state index in [0.29, 0.717) is 22.5 Å². The lowest BCUT2D eigenvalue weighted by Crippen LogP contribution is -2.04. The Balaban J connectivity index is 1.68. The lowest BCUT2D eigenvalue weighted by molar-refractivity contribution is 0.0696. The van der Waals surface area contributed by atoms with Crippen molar-refractivity contribution in [3.8, 4) is 28.6 Å². The highest BCUT2D eigenvalue weighted by Gasteiger charge is 2.17. The van der Waals surface area contributed by atoms with Gasteiger partial charge < -0.3 is 5.11 Å². The Morgan fingerprint density at radius 2 is 1.61 bits per heavy atom. The average molecular weight is 429 g/mol. The summed E-state index contributed by atoms with van der Waals surface area (Å²) in [6.07, 6.45) is 4.55. The van der Waals surface area contributed by atoms with Crippen LogP contribution in [0.4, 0.5) is 0 Å². The van der Waals surface area contributed by atoms with Crippen LogP contribution in [-0.4, -0.2) is 40.8 Å². The molecule has 5 aromatic rings. The smallest absolute Gasteiger partial charge is 0.337 e. The summed E-state index contributed by atoms with van der Waals surface area (Å²) in [4.78, 5) is 28.8. The second-order valence-electron chi connectivity index (χ2n) is 6.65. The number of fused-ring (bicyclic) bond motifs is 1. The van der Waals surface area contributed by atoms with Crippen LogP contribution in [-0.2, 0) is 0 Å². The van der Waals surface area contributed by atoms with Crippen LogP contribution in [0.2, 0.25) is 5.02 Å². The number of carbonyl (C=O) groups is 1. The molecule has 0 saturated heterocycles. The van der Waals surface area contributed by atoms with Gasteiger partial charge in [-0.25, -0.2) is 14.8 Å². The van der Waals surface area contributed by atoms with Gasteiger partial charge >= 0.3 is 5.97 Å². The number of aromatic carboxylic acids is 1. The maximum absolute atomic E-state index is 11.2. The van der Waals surface area contributed by atoms with Crippen LogP contribution in [0.1, 0.15) is 10.4 Å². The van der Waals surface area contributed by atoms with Crippen LogP contribution in [0, 0.1) is 0 Å². The average Bonchev–Trinajstić information content (AvgIpc) is 3.25. The molecule has 31 heavy (non-hydrogen) atoms. The van der Waals surface area contributed by atoms with Crippen molar-refractivity contribution in [1.29, 1.82) is 0 Å². The number of carboxylic acids is 1. The minimum absolute atomic E-state index is 0.0873. The summed E-state index contributed by atoms with van der Waals surface area (Å²) in [5.41, 5.74) is 3.12. The van der Waals surface area contributed by atoms with Crippen LogP contribution in [0.25, 0.3) is 39.6 Å². The zero-order valence-electron chi connectivity index (χ0n) is 15.8. The maximum Gasteiger partial charge on any atom is 0.337 e. The molecule has 0 radical (unpaired) electrons. The predicted molar refractivity (Wildman–Crippen MR) is 115 cm³/mol. The molecule has 0 spiro atoms. The fraction of sp³-hybridized carbons (Fsp3) is 0. The molecular weight excluding hydrogens is 416 g/mol. The Morgan fingerprint density at radius 3 is 2.32 bits per heavy atom. The summed E-state index contributed by atoms with van der Waals surface area (Å²) < 4.78 is 1.58. The molecule has 5 rings (SSSR count). The van der Waals surface area contributed by atoms with E-state index in [-0.39, 0.29) is 5.56 Å². The van der Waals surface area contributed by atoms with Gasteiger partial charge in [0.05, 0.1) is 16.6 Å². The van der Waals surface area contributed by atoms with E-state index in [1.807, 2.05) is 30.3 Å². The van der Waals surface area contributed by atoms with Crippen LogP contribution in [0.15, 0.2) is 73.2 Å². The zero-order valence-corrected chi connectivity index (χ0v) is 16.6. The van der Waals surface area contributed by atoms with Crippen LogP contribution < -0.4 is 0 Å². The van der Waals surface area contributed by atoms with Crippen LogP contribution >= 0.6 is 11.6 Å². The Morgan fingerprint density at radius 1 is 0.871 bits per heavy atom. The number of hydrogen-bond donors (Lipinski definition) is 1. The number of hydrogen-bond acceptors (Lipinski definition) is 6. The molecule has 0 saturated carbocycles. The molecule has 0 bridgehead atoms. The second kappa shape index (κ2) is 7.58. The van der Waals surface area contributed by atoms with Crippen molar-refractivity contribution in [1.82, 2.24) is 29.7 Å². The standard InChI is InChI=1S/C22H13ClN6O2/c23-16-5-1-13(2-6-16)20-27-21(14-3-7-17-18(11-14)25-10-9-24-17)29(28-20)19-8-4-15(12-26-19)22(30)31/h1-12H,(H,30,31). The molecule has 3 heterocycles. The van der Waals surface area contributed by atoms with Gasteiger partial charge in [0.2, 0.25) is 0 Å². The van der Waals surface area contributed by atoms with Gasteiger partial charge in [0.25, 0.3) is 0 Å². The van der Waals surface area contributed by atoms with E-state index < -0.39 is 5.97 Å². The fourth-order valence-electron chi connectivity index (χ4n) is 3.12. The van der Waals surface area contributed by atoms with Crippen molar-refractivity contribution in [2.45, 2.75) is 0 Å². The minimum atomic E-state index is -1.05. The molecule has 0 aliphatic carbocycles. The third-order valence-electron chi connectivity index (χ3n) is 4.65. The molecule has 150 valence electrons. The topological polar surface area (TPSA) is 107 Å². The normalized spacial score (nSPS) is 11.0. The first-order valence-electron chi connectivity index (χ1n) is 9.22. The highest BCUT2D eigenvalue weighted by molar-refractivity contribution is 6.30. The van der Waals surface area contributed by atoms with Crippen molar-refractivity contribution >= 4 is 28.6 Å². The van der Waals surface area contributed by atoms with E-state index in [0.717, 1.165) is 22.2 Å². The highest BCUT2D eigenvalue weighted by atomic mass is 35.5. The van der Waals surface area contributed by atoms with Gasteiger partial charge in [-0.05, 0) is 54.6 Å². The molecule has 0 amide bonds. The summed E-state index contributed by atoms with van der Waals surface area (Å²) in [5.74, 6) is 0.405. The summed E-state index contributed by atoms with van der Waals surface area (Å²) in [6.45, 7) is 0. The number of pyridine rings is 1. The number of halogens is 1. The number of carboxylic acid groups (broad SMARTS) is 1. The van der Waals surface area contributed by atoms with Gasteiger partial charge in [-0.15, -0.1) is 5.10 Å². The van der Waals surface area contributed by atoms with E-state index in [2.05, 4.69) is 20.1 Å². The molecule has 2 aromatic carbocycles. The van der Waals surface area contributed by atoms with Crippen molar-refractivity contribution < 1.29 is 9.90 Å². The van der Waals surface area contributed by atoms with Gasteiger partial charge in [0.1, 0.15) is 0 Å². The van der Waals surface area contributed by atoms with Gasteiger partial charge in [0, 0.05) is 34.7 Å². The number of nitrogens with zero attached hydrogens (tertiary/aromatic N) is 6. The lowest BCUT2D eigenvalue weighted by Gasteiger charge is -2.06. The molecule has 0 fully saturated rings. The van der Waals surface area contributed by atoms with Gasteiger partial charge in [-0.3, -0.25) is 9.97 Å². The van der Waals surface area contributed by atoms with Crippen molar-refractivity contribution in [2.24, 2.45) is 0 Å². The highest BCUT2D eigenvalue weighted by Crippen LogP contribution is 2.27. The SMILES string of the molecule is O=C(O)c1ccc(-n2nc(-c3ccc(Cl)cc3)nc2-c2ccc3nccnc3c2)nc1. The Labute approximate surface area is 180 Å². The lowest BCUT2D eigenvalue weighted by atomic mass is 10.1. The molecule has 0 aliphatic heterocycles. The monoisotopic (exact) mass is 428 g/mol. The van der Waals surface area contributed by atoms with E-state index in [4.69, 9.17) is 21.7 Å².